The van der Waals surface area contributed by atoms with E-state index < -0.39 is 0 Å². The molecule has 0 radical (unpaired) electrons. The monoisotopic (exact) mass is 477 g/mol. The van der Waals surface area contributed by atoms with Gasteiger partial charge in [-0.1, -0.05) is 25.7 Å². The van der Waals surface area contributed by atoms with Gasteiger partial charge in [-0.15, -0.1) is 11.3 Å². The first kappa shape index (κ1) is 23.4. The maximum atomic E-state index is 13.7. The van der Waals surface area contributed by atoms with Crippen LogP contribution in [0.3, 0.4) is 0 Å². The summed E-state index contributed by atoms with van der Waals surface area (Å²) in [4.78, 5) is 17.4. The number of likely N-dealkylation sites (tertiary alicyclic amines) is 1. The van der Waals surface area contributed by atoms with Crippen LogP contribution in [0, 0.1) is 0 Å². The van der Waals surface area contributed by atoms with Gasteiger partial charge in [0.05, 0.1) is 6.61 Å². The zero-order valence-corrected chi connectivity index (χ0v) is 20.7. The Bertz CT molecular complexity index is 1110. The Labute approximate surface area is 206 Å². The van der Waals surface area contributed by atoms with Crippen LogP contribution in [-0.2, 0) is 0 Å². The van der Waals surface area contributed by atoms with E-state index >= 15 is 0 Å². The van der Waals surface area contributed by atoms with Crippen LogP contribution < -0.4 is 4.74 Å². The smallest absolute Gasteiger partial charge is 0.194 e. The lowest BCUT2D eigenvalue weighted by molar-refractivity contribution is 0.103. The summed E-state index contributed by atoms with van der Waals surface area (Å²) < 4.78 is 6.96. The number of carbonyl (C=O) groups excluding carboxylic acids is 1. The molecule has 2 aromatic carbocycles. The zero-order chi connectivity index (χ0) is 23.3. The molecule has 180 valence electrons. The Kier molecular flexibility index (Phi) is 7.51. The predicted molar refractivity (Wildman–Crippen MR) is 140 cm³/mol. The minimum atomic E-state index is 0.0779. The summed E-state index contributed by atoms with van der Waals surface area (Å²) in [7, 11) is 0. The zero-order valence-electron chi connectivity index (χ0n) is 19.9. The molecule has 0 unspecified atom stereocenters. The number of carbonyl (C=O) groups is 1. The Morgan fingerprint density at radius 1 is 0.971 bits per heavy atom. The van der Waals surface area contributed by atoms with Gasteiger partial charge in [-0.25, -0.2) is 0 Å². The van der Waals surface area contributed by atoms with Crippen molar-refractivity contribution >= 4 is 27.2 Å². The first-order valence-electron chi connectivity index (χ1n) is 12.9. The highest BCUT2D eigenvalue weighted by atomic mass is 32.1. The van der Waals surface area contributed by atoms with E-state index in [2.05, 4.69) is 4.90 Å². The second kappa shape index (κ2) is 10.9. The van der Waals surface area contributed by atoms with Crippen molar-refractivity contribution in [2.45, 2.75) is 63.7 Å². The molecule has 1 saturated heterocycles. The SMILES string of the molecule is O=C(c1ccc(OCCCN2CCCCC2)cc1)c1c(C2CCCCC2)sc2cc(O)ccc12. The number of nitrogens with zero attached hydrogens (tertiary/aromatic N) is 1. The van der Waals surface area contributed by atoms with Crippen molar-refractivity contribution in [1.82, 2.24) is 4.90 Å². The van der Waals surface area contributed by atoms with Gasteiger partial charge in [0.25, 0.3) is 0 Å². The number of phenols is 1. The maximum absolute atomic E-state index is 13.7. The van der Waals surface area contributed by atoms with Crippen molar-refractivity contribution < 1.29 is 14.6 Å². The van der Waals surface area contributed by atoms with Crippen molar-refractivity contribution in [1.29, 1.82) is 0 Å². The molecule has 0 atom stereocenters. The molecule has 2 aliphatic rings. The first-order chi connectivity index (χ1) is 16.7. The molecular formula is C29H35NO3S. The van der Waals surface area contributed by atoms with E-state index in [0.717, 1.165) is 47.2 Å². The average Bonchev–Trinajstić information content (AvgIpc) is 3.26. The number of thiophene rings is 1. The van der Waals surface area contributed by atoms with Gasteiger partial charge in [0.2, 0.25) is 0 Å². The highest BCUT2D eigenvalue weighted by Gasteiger charge is 2.27. The molecule has 3 aromatic rings. The number of ether oxygens (including phenoxy) is 1. The number of hydrogen-bond acceptors (Lipinski definition) is 5. The number of piperidine rings is 1. The summed E-state index contributed by atoms with van der Waals surface area (Å²) in [5, 5.41) is 11.0. The van der Waals surface area contributed by atoms with Gasteiger partial charge in [0.15, 0.2) is 5.78 Å². The molecule has 1 aromatic heterocycles. The molecule has 1 aliphatic carbocycles. The fourth-order valence-electron chi connectivity index (χ4n) is 5.50. The lowest BCUT2D eigenvalue weighted by Gasteiger charge is -2.26. The van der Waals surface area contributed by atoms with Gasteiger partial charge in [0.1, 0.15) is 11.5 Å². The minimum absolute atomic E-state index is 0.0779. The van der Waals surface area contributed by atoms with Crippen LogP contribution >= 0.6 is 11.3 Å². The summed E-state index contributed by atoms with van der Waals surface area (Å²) in [6.07, 6.45) is 11.0. The minimum Gasteiger partial charge on any atom is -0.508 e. The third kappa shape index (κ3) is 5.31. The molecule has 5 rings (SSSR count). The van der Waals surface area contributed by atoms with E-state index in [0.29, 0.717) is 18.1 Å². The number of ketones is 1. The van der Waals surface area contributed by atoms with Gasteiger partial charge in [-0.05, 0) is 93.6 Å². The summed E-state index contributed by atoms with van der Waals surface area (Å²) in [5.74, 6) is 1.59. The van der Waals surface area contributed by atoms with E-state index in [1.165, 1.54) is 56.5 Å². The largest absolute Gasteiger partial charge is 0.508 e. The van der Waals surface area contributed by atoms with Gasteiger partial charge >= 0.3 is 0 Å². The van der Waals surface area contributed by atoms with E-state index in [1.807, 2.05) is 30.3 Å². The van der Waals surface area contributed by atoms with E-state index in [4.69, 9.17) is 4.74 Å². The lowest BCUT2D eigenvalue weighted by Crippen LogP contribution is -2.31. The molecule has 5 heteroatoms. The van der Waals surface area contributed by atoms with Crippen LogP contribution in [-0.4, -0.2) is 42.0 Å². The van der Waals surface area contributed by atoms with Gasteiger partial charge < -0.3 is 14.7 Å². The molecule has 1 saturated carbocycles. The van der Waals surface area contributed by atoms with Crippen molar-refractivity contribution in [2.24, 2.45) is 0 Å². The van der Waals surface area contributed by atoms with Crippen LogP contribution in [0.5, 0.6) is 11.5 Å². The van der Waals surface area contributed by atoms with Crippen molar-refractivity contribution in [3.8, 4) is 11.5 Å². The molecule has 1 aliphatic heterocycles. The Balaban J connectivity index is 1.29. The molecule has 0 amide bonds. The van der Waals surface area contributed by atoms with Crippen molar-refractivity contribution in [3.63, 3.8) is 0 Å². The second-order valence-corrected chi connectivity index (χ2v) is 10.9. The number of hydrogen-bond donors (Lipinski definition) is 1. The molecule has 4 nitrogen and oxygen atoms in total. The average molecular weight is 478 g/mol. The fourth-order valence-corrected chi connectivity index (χ4v) is 6.90. The van der Waals surface area contributed by atoms with Gasteiger partial charge in [-0.2, -0.15) is 0 Å². The van der Waals surface area contributed by atoms with Crippen LogP contribution in [0.4, 0.5) is 0 Å². The van der Waals surface area contributed by atoms with Crippen molar-refractivity contribution in [2.75, 3.05) is 26.2 Å². The van der Waals surface area contributed by atoms with Crippen LogP contribution in [0.25, 0.3) is 10.1 Å². The number of aromatic hydroxyl groups is 1. The molecule has 2 heterocycles. The number of phenolic OH excluding ortho intramolecular Hbond substituents is 1. The van der Waals surface area contributed by atoms with E-state index in [9.17, 15) is 9.90 Å². The number of benzene rings is 2. The molecule has 0 spiro atoms. The maximum Gasteiger partial charge on any atom is 0.194 e. The van der Waals surface area contributed by atoms with Crippen molar-refractivity contribution in [3.05, 3.63) is 58.5 Å². The lowest BCUT2D eigenvalue weighted by atomic mass is 9.85. The second-order valence-electron chi connectivity index (χ2n) is 9.81. The molecular weight excluding hydrogens is 442 g/mol. The predicted octanol–water partition coefficient (Wildman–Crippen LogP) is 7.14. The van der Waals surface area contributed by atoms with E-state index in [1.54, 1.807) is 23.5 Å². The van der Waals surface area contributed by atoms with Crippen LogP contribution in [0.1, 0.15) is 84.5 Å². The molecule has 34 heavy (non-hydrogen) atoms. The molecule has 2 fully saturated rings. The Hall–Kier alpha value is -2.37. The van der Waals surface area contributed by atoms with Crippen LogP contribution in [0.15, 0.2) is 42.5 Å². The standard InChI is InChI=1S/C29H35NO3S/c31-23-12-15-25-26(20-23)34-29(22-8-3-1-4-9-22)27(25)28(32)21-10-13-24(14-11-21)33-19-7-18-30-16-5-2-6-17-30/h10-15,20,22,31H,1-9,16-19H2. The third-order valence-electron chi connectivity index (χ3n) is 7.36. The summed E-state index contributed by atoms with van der Waals surface area (Å²) in [6, 6.07) is 13.0. The number of rotatable bonds is 8. The summed E-state index contributed by atoms with van der Waals surface area (Å²) in [6.45, 7) is 4.24. The highest BCUT2D eigenvalue weighted by Crippen LogP contribution is 2.44. The molecule has 0 bridgehead atoms. The Morgan fingerprint density at radius 3 is 2.47 bits per heavy atom. The highest BCUT2D eigenvalue weighted by molar-refractivity contribution is 7.19. The third-order valence-corrected chi connectivity index (χ3v) is 8.67. The first-order valence-corrected chi connectivity index (χ1v) is 13.8. The topological polar surface area (TPSA) is 49.8 Å². The molecule has 1 N–H and O–H groups in total. The fraction of sp³-hybridized carbons (Fsp3) is 0.483. The van der Waals surface area contributed by atoms with Gasteiger partial charge in [-0.3, -0.25) is 4.79 Å². The Morgan fingerprint density at radius 2 is 1.71 bits per heavy atom. The quantitative estimate of drug-likeness (QED) is 0.277. The normalized spacial score (nSPS) is 17.8. The summed E-state index contributed by atoms with van der Waals surface area (Å²) >= 11 is 1.69. The van der Waals surface area contributed by atoms with E-state index in [-0.39, 0.29) is 11.5 Å². The number of fused-ring (bicyclic) bond motifs is 1. The van der Waals surface area contributed by atoms with Crippen LogP contribution in [0.2, 0.25) is 0 Å². The summed E-state index contributed by atoms with van der Waals surface area (Å²) in [5.41, 5.74) is 1.53. The van der Waals surface area contributed by atoms with Gasteiger partial charge in [0, 0.05) is 32.6 Å².